The molecule has 8 heteroatoms. The maximum absolute atomic E-state index is 11.8. The van der Waals surface area contributed by atoms with Gasteiger partial charge in [-0.05, 0) is 11.6 Å². The number of nitrogens with one attached hydrogen (secondary N) is 2. The molecule has 2 N–H and O–H groups in total. The molecule has 2 fully saturated rings. The van der Waals surface area contributed by atoms with Crippen LogP contribution in [0.25, 0.3) is 0 Å². The quantitative estimate of drug-likeness (QED) is 0.717. The Hall–Kier alpha value is -1.38. The van der Waals surface area contributed by atoms with E-state index in [0.717, 1.165) is 51.7 Å². The number of alkyl halides is 1. The zero-order chi connectivity index (χ0) is 17.9. The van der Waals surface area contributed by atoms with E-state index in [-0.39, 0.29) is 11.9 Å². The fourth-order valence-corrected chi connectivity index (χ4v) is 4.10. The molecule has 2 saturated heterocycles. The summed E-state index contributed by atoms with van der Waals surface area (Å²) >= 11 is 6.32. The maximum atomic E-state index is 11.8. The number of carbonyl (C=O) groups excluding carboxylic acids is 1. The van der Waals surface area contributed by atoms with Gasteiger partial charge < -0.3 is 9.47 Å². The molecule has 0 radical (unpaired) electrons. The number of nitrogens with zero attached hydrogens (tertiary/aromatic N) is 2. The minimum atomic E-state index is -0.545. The fraction of sp³-hybridized carbons (Fsp3) is 0.611. The number of ether oxygens (including phenoxy) is 2. The SMILES string of the molecule is O=C1NNCC(N2Cc3cccc(OCCN4CCOCC4)c3C2)C1Cl. The zero-order valence-corrected chi connectivity index (χ0v) is 15.5. The summed E-state index contributed by atoms with van der Waals surface area (Å²) in [6, 6.07) is 6.17. The molecule has 7 nitrogen and oxygen atoms in total. The van der Waals surface area contributed by atoms with Crippen molar-refractivity contribution < 1.29 is 14.3 Å². The molecular weight excluding hydrogens is 356 g/mol. The van der Waals surface area contributed by atoms with Gasteiger partial charge in [0.15, 0.2) is 0 Å². The zero-order valence-electron chi connectivity index (χ0n) is 14.7. The number of carbonyl (C=O) groups is 1. The van der Waals surface area contributed by atoms with Gasteiger partial charge in [-0.2, -0.15) is 0 Å². The predicted octanol–water partition coefficient (Wildman–Crippen LogP) is 0.324. The first-order chi connectivity index (χ1) is 12.7. The van der Waals surface area contributed by atoms with E-state index in [0.29, 0.717) is 13.2 Å². The smallest absolute Gasteiger partial charge is 0.253 e. The normalized spacial score (nSPS) is 27.2. The first-order valence-corrected chi connectivity index (χ1v) is 9.60. The number of hydrogen-bond donors (Lipinski definition) is 2. The molecule has 142 valence electrons. The van der Waals surface area contributed by atoms with Crippen LogP contribution < -0.4 is 15.6 Å². The third-order valence-electron chi connectivity index (χ3n) is 5.31. The summed E-state index contributed by atoms with van der Waals surface area (Å²) in [5.41, 5.74) is 7.99. The van der Waals surface area contributed by atoms with E-state index in [1.807, 2.05) is 12.1 Å². The number of rotatable bonds is 5. The van der Waals surface area contributed by atoms with Gasteiger partial charge in [0, 0.05) is 50.9 Å². The second-order valence-electron chi connectivity index (χ2n) is 6.94. The molecule has 4 rings (SSSR count). The average molecular weight is 381 g/mol. The third-order valence-corrected chi connectivity index (χ3v) is 5.80. The van der Waals surface area contributed by atoms with Crippen molar-refractivity contribution in [1.82, 2.24) is 20.7 Å². The Morgan fingerprint density at radius 1 is 1.27 bits per heavy atom. The van der Waals surface area contributed by atoms with E-state index in [2.05, 4.69) is 26.7 Å². The number of halogens is 1. The molecular formula is C18H25ClN4O3. The van der Waals surface area contributed by atoms with Gasteiger partial charge in [0.1, 0.15) is 17.7 Å². The van der Waals surface area contributed by atoms with Crippen molar-refractivity contribution in [2.24, 2.45) is 0 Å². The van der Waals surface area contributed by atoms with Crippen LogP contribution in [-0.2, 0) is 22.6 Å². The van der Waals surface area contributed by atoms with Crippen LogP contribution in [0.3, 0.4) is 0 Å². The van der Waals surface area contributed by atoms with Gasteiger partial charge in [0.05, 0.1) is 13.2 Å². The van der Waals surface area contributed by atoms with Gasteiger partial charge >= 0.3 is 0 Å². The monoisotopic (exact) mass is 380 g/mol. The van der Waals surface area contributed by atoms with Gasteiger partial charge in [-0.3, -0.25) is 20.0 Å². The van der Waals surface area contributed by atoms with Crippen LogP contribution >= 0.6 is 11.6 Å². The lowest BCUT2D eigenvalue weighted by atomic mass is 10.1. The summed E-state index contributed by atoms with van der Waals surface area (Å²) in [7, 11) is 0. The van der Waals surface area contributed by atoms with Crippen LogP contribution in [0.4, 0.5) is 0 Å². The predicted molar refractivity (Wildman–Crippen MR) is 98.0 cm³/mol. The molecule has 1 aromatic rings. The highest BCUT2D eigenvalue weighted by atomic mass is 35.5. The Labute approximate surface area is 158 Å². The molecule has 1 aromatic carbocycles. The number of morpholine rings is 1. The number of fused-ring (bicyclic) bond motifs is 1. The summed E-state index contributed by atoms with van der Waals surface area (Å²) in [6.07, 6.45) is 0. The Morgan fingerprint density at radius 2 is 2.12 bits per heavy atom. The van der Waals surface area contributed by atoms with E-state index >= 15 is 0 Å². The highest BCUT2D eigenvalue weighted by molar-refractivity contribution is 6.31. The largest absolute Gasteiger partial charge is 0.492 e. The summed E-state index contributed by atoms with van der Waals surface area (Å²) in [5.74, 6) is 0.776. The van der Waals surface area contributed by atoms with Crippen LogP contribution in [-0.4, -0.2) is 73.1 Å². The average Bonchev–Trinajstić information content (AvgIpc) is 3.10. The molecule has 0 bridgehead atoms. The highest BCUT2D eigenvalue weighted by Crippen LogP contribution is 2.33. The molecule has 26 heavy (non-hydrogen) atoms. The lowest BCUT2D eigenvalue weighted by molar-refractivity contribution is -0.124. The van der Waals surface area contributed by atoms with E-state index in [4.69, 9.17) is 21.1 Å². The van der Waals surface area contributed by atoms with Crippen molar-refractivity contribution in [3.05, 3.63) is 29.3 Å². The van der Waals surface area contributed by atoms with E-state index in [1.54, 1.807) is 0 Å². The molecule has 3 aliphatic rings. The Morgan fingerprint density at radius 3 is 2.96 bits per heavy atom. The maximum Gasteiger partial charge on any atom is 0.253 e. The second-order valence-corrected chi connectivity index (χ2v) is 7.41. The Bertz CT molecular complexity index is 653. The first-order valence-electron chi connectivity index (χ1n) is 9.17. The molecule has 0 spiro atoms. The number of hydrogen-bond acceptors (Lipinski definition) is 6. The van der Waals surface area contributed by atoms with E-state index in [1.165, 1.54) is 11.1 Å². The third kappa shape index (κ3) is 3.82. The molecule has 0 aliphatic carbocycles. The van der Waals surface area contributed by atoms with Crippen molar-refractivity contribution in [3.63, 3.8) is 0 Å². The van der Waals surface area contributed by atoms with Gasteiger partial charge in [0.2, 0.25) is 0 Å². The van der Waals surface area contributed by atoms with Crippen LogP contribution in [0, 0.1) is 0 Å². The van der Waals surface area contributed by atoms with Crippen molar-refractivity contribution in [2.75, 3.05) is 46.0 Å². The molecule has 0 aromatic heterocycles. The van der Waals surface area contributed by atoms with Crippen molar-refractivity contribution in [1.29, 1.82) is 0 Å². The summed E-state index contributed by atoms with van der Waals surface area (Å²) in [5, 5.41) is -0.545. The van der Waals surface area contributed by atoms with E-state index < -0.39 is 5.38 Å². The lowest BCUT2D eigenvalue weighted by Gasteiger charge is -2.34. The summed E-state index contributed by atoms with van der Waals surface area (Å²) in [4.78, 5) is 16.4. The summed E-state index contributed by atoms with van der Waals surface area (Å²) < 4.78 is 11.5. The number of amides is 1. The van der Waals surface area contributed by atoms with Crippen LogP contribution in [0.1, 0.15) is 11.1 Å². The lowest BCUT2D eigenvalue weighted by Crippen LogP contribution is -2.60. The minimum Gasteiger partial charge on any atom is -0.492 e. The fourth-order valence-electron chi connectivity index (χ4n) is 3.80. The topological polar surface area (TPSA) is 66.1 Å². The van der Waals surface area contributed by atoms with Gasteiger partial charge in [-0.25, -0.2) is 5.43 Å². The molecule has 1 amide bonds. The van der Waals surface area contributed by atoms with Crippen molar-refractivity contribution in [2.45, 2.75) is 24.5 Å². The summed E-state index contributed by atoms with van der Waals surface area (Å²) in [6.45, 7) is 7.31. The van der Waals surface area contributed by atoms with E-state index in [9.17, 15) is 4.79 Å². The Kier molecular flexibility index (Phi) is 5.61. The van der Waals surface area contributed by atoms with Crippen LogP contribution in [0.15, 0.2) is 18.2 Å². The first kappa shape index (κ1) is 18.0. The van der Waals surface area contributed by atoms with Crippen LogP contribution in [0.2, 0.25) is 0 Å². The number of benzene rings is 1. The van der Waals surface area contributed by atoms with Crippen molar-refractivity contribution in [3.8, 4) is 5.75 Å². The van der Waals surface area contributed by atoms with Gasteiger partial charge in [0.25, 0.3) is 5.91 Å². The molecule has 2 unspecified atom stereocenters. The molecule has 3 aliphatic heterocycles. The van der Waals surface area contributed by atoms with Crippen LogP contribution in [0.5, 0.6) is 5.75 Å². The molecule has 2 atom stereocenters. The second kappa shape index (κ2) is 8.10. The minimum absolute atomic E-state index is 0.0287. The highest BCUT2D eigenvalue weighted by Gasteiger charge is 2.37. The molecule has 3 heterocycles. The van der Waals surface area contributed by atoms with Gasteiger partial charge in [-0.1, -0.05) is 12.1 Å². The Balaban J connectivity index is 1.37. The standard InChI is InChI=1S/C18H25ClN4O3/c19-17-15(10-20-21-18(17)24)23-11-13-2-1-3-16(14(13)12-23)26-9-6-22-4-7-25-8-5-22/h1-3,15,17,20H,4-12H2,(H,21,24). The number of hydrazine groups is 1. The molecule has 0 saturated carbocycles. The van der Waals surface area contributed by atoms with Gasteiger partial charge in [-0.15, -0.1) is 11.6 Å². The van der Waals surface area contributed by atoms with Crippen molar-refractivity contribution >= 4 is 17.5 Å².